The molecular weight excluding hydrogens is 415 g/mol. The van der Waals surface area contributed by atoms with Crippen molar-refractivity contribution in [2.75, 3.05) is 6.54 Å². The highest BCUT2D eigenvalue weighted by atomic mass is 19.1. The maximum absolute atomic E-state index is 14.3. The first-order valence-electron chi connectivity index (χ1n) is 11.4. The molecule has 0 bridgehead atoms. The largest absolute Gasteiger partial charge is 0.354 e. The molecule has 0 fully saturated rings. The minimum absolute atomic E-state index is 0.106. The molecule has 0 spiro atoms. The average molecular weight is 447 g/mol. The van der Waals surface area contributed by atoms with Gasteiger partial charge in [0, 0.05) is 19.5 Å². The van der Waals surface area contributed by atoms with E-state index in [4.69, 9.17) is 0 Å². The quantitative estimate of drug-likeness (QED) is 0.484. The molecule has 0 radical (unpaired) electrons. The first-order valence-corrected chi connectivity index (χ1v) is 11.4. The van der Waals surface area contributed by atoms with Crippen LogP contribution in [0.15, 0.2) is 78.9 Å². The van der Waals surface area contributed by atoms with Gasteiger partial charge in [0.05, 0.1) is 6.42 Å². The summed E-state index contributed by atoms with van der Waals surface area (Å²) in [6, 6.07) is 23.1. The first-order chi connectivity index (χ1) is 16.0. The van der Waals surface area contributed by atoms with Crippen LogP contribution < -0.4 is 5.32 Å². The Balaban J connectivity index is 1.96. The van der Waals surface area contributed by atoms with Gasteiger partial charge in [-0.25, -0.2) is 4.39 Å². The zero-order chi connectivity index (χ0) is 23.6. The zero-order valence-electron chi connectivity index (χ0n) is 19.3. The van der Waals surface area contributed by atoms with Crippen LogP contribution >= 0.6 is 0 Å². The smallest absolute Gasteiger partial charge is 0.243 e. The first kappa shape index (κ1) is 24.2. The van der Waals surface area contributed by atoms with Crippen molar-refractivity contribution in [3.63, 3.8) is 0 Å². The number of aryl methyl sites for hydroxylation is 1. The Bertz CT molecular complexity index is 1070. The Morgan fingerprint density at radius 1 is 0.939 bits per heavy atom. The maximum Gasteiger partial charge on any atom is 0.243 e. The van der Waals surface area contributed by atoms with Crippen LogP contribution in [0.25, 0.3) is 0 Å². The van der Waals surface area contributed by atoms with E-state index in [9.17, 15) is 14.0 Å². The highest BCUT2D eigenvalue weighted by molar-refractivity contribution is 5.88. The number of nitrogens with zero attached hydrogens (tertiary/aromatic N) is 1. The monoisotopic (exact) mass is 446 g/mol. The molecule has 3 aromatic carbocycles. The summed E-state index contributed by atoms with van der Waals surface area (Å²) in [6.45, 7) is 4.78. The third-order valence-electron chi connectivity index (χ3n) is 5.56. The van der Waals surface area contributed by atoms with Crippen LogP contribution in [0.3, 0.4) is 0 Å². The van der Waals surface area contributed by atoms with Crippen LogP contribution in [0.2, 0.25) is 0 Å². The molecule has 1 unspecified atom stereocenters. The van der Waals surface area contributed by atoms with E-state index in [2.05, 4.69) is 5.32 Å². The summed E-state index contributed by atoms with van der Waals surface area (Å²) in [4.78, 5) is 28.4. The molecule has 1 atom stereocenters. The number of hydrogen-bond acceptors (Lipinski definition) is 2. The second-order valence-corrected chi connectivity index (χ2v) is 8.28. The van der Waals surface area contributed by atoms with Gasteiger partial charge in [-0.1, -0.05) is 85.3 Å². The summed E-state index contributed by atoms with van der Waals surface area (Å²) < 4.78 is 14.3. The highest BCUT2D eigenvalue weighted by Crippen LogP contribution is 2.18. The van der Waals surface area contributed by atoms with Gasteiger partial charge in [-0.2, -0.15) is 0 Å². The molecule has 0 saturated heterocycles. The minimum Gasteiger partial charge on any atom is -0.354 e. The van der Waals surface area contributed by atoms with Gasteiger partial charge in [-0.05, 0) is 36.1 Å². The number of hydrogen-bond donors (Lipinski definition) is 1. The molecule has 172 valence electrons. The van der Waals surface area contributed by atoms with Gasteiger partial charge in [0.15, 0.2) is 0 Å². The van der Waals surface area contributed by atoms with E-state index in [0.29, 0.717) is 18.5 Å². The van der Waals surface area contributed by atoms with Gasteiger partial charge < -0.3 is 10.2 Å². The summed E-state index contributed by atoms with van der Waals surface area (Å²) in [5.74, 6) is -0.902. The molecule has 0 aliphatic heterocycles. The van der Waals surface area contributed by atoms with Crippen LogP contribution in [0, 0.1) is 12.7 Å². The molecule has 5 heteroatoms. The highest BCUT2D eigenvalue weighted by Gasteiger charge is 2.30. The lowest BCUT2D eigenvalue weighted by molar-refractivity contribution is -0.140. The van der Waals surface area contributed by atoms with Gasteiger partial charge in [0.2, 0.25) is 11.8 Å². The zero-order valence-corrected chi connectivity index (χ0v) is 19.3. The van der Waals surface area contributed by atoms with E-state index in [1.807, 2.05) is 68.4 Å². The van der Waals surface area contributed by atoms with Crippen molar-refractivity contribution in [1.29, 1.82) is 0 Å². The third kappa shape index (κ3) is 7.01. The summed E-state index contributed by atoms with van der Waals surface area (Å²) in [5.41, 5.74) is 3.29. The molecule has 3 aromatic rings. The molecule has 1 N–H and O–H groups in total. The third-order valence-corrected chi connectivity index (χ3v) is 5.56. The van der Waals surface area contributed by atoms with Crippen LogP contribution in [0.5, 0.6) is 0 Å². The number of halogens is 1. The van der Waals surface area contributed by atoms with Gasteiger partial charge >= 0.3 is 0 Å². The molecule has 3 rings (SSSR count). The molecule has 4 nitrogen and oxygen atoms in total. The molecule has 0 aliphatic rings. The Kier molecular flexibility index (Phi) is 8.76. The molecule has 33 heavy (non-hydrogen) atoms. The fourth-order valence-corrected chi connectivity index (χ4v) is 3.83. The molecule has 0 aliphatic carbocycles. The van der Waals surface area contributed by atoms with Crippen molar-refractivity contribution in [1.82, 2.24) is 10.2 Å². The summed E-state index contributed by atoms with van der Waals surface area (Å²) in [5, 5.41) is 2.95. The SMILES string of the molecule is CCCNC(=O)C(Cc1ccccc1)N(Cc1cccc(C)c1)C(=O)Cc1ccccc1F. The van der Waals surface area contributed by atoms with Crippen molar-refractivity contribution >= 4 is 11.8 Å². The minimum atomic E-state index is -0.710. The predicted molar refractivity (Wildman–Crippen MR) is 129 cm³/mol. The average Bonchev–Trinajstić information content (AvgIpc) is 2.82. The topological polar surface area (TPSA) is 49.4 Å². The van der Waals surface area contributed by atoms with Crippen LogP contribution in [0.4, 0.5) is 4.39 Å². The van der Waals surface area contributed by atoms with E-state index in [1.165, 1.54) is 6.07 Å². The van der Waals surface area contributed by atoms with E-state index in [-0.39, 0.29) is 24.8 Å². The van der Waals surface area contributed by atoms with Crippen LogP contribution in [-0.2, 0) is 29.0 Å². The summed E-state index contributed by atoms with van der Waals surface area (Å²) >= 11 is 0. The number of benzene rings is 3. The Morgan fingerprint density at radius 3 is 2.33 bits per heavy atom. The number of amides is 2. The van der Waals surface area contributed by atoms with Crippen molar-refractivity contribution in [3.8, 4) is 0 Å². The number of nitrogens with one attached hydrogen (secondary N) is 1. The second kappa shape index (κ2) is 12.0. The predicted octanol–water partition coefficient (Wildman–Crippen LogP) is 4.84. The van der Waals surface area contributed by atoms with Gasteiger partial charge in [0.1, 0.15) is 11.9 Å². The second-order valence-electron chi connectivity index (χ2n) is 8.28. The standard InChI is InChI=1S/C28H31FN2O2/c1-3-16-30-28(33)26(18-22-11-5-4-6-12-22)31(20-23-13-9-10-21(2)17-23)27(32)19-24-14-7-8-15-25(24)29/h4-15,17,26H,3,16,18-20H2,1-2H3,(H,30,33). The van der Waals surface area contributed by atoms with Crippen LogP contribution in [0.1, 0.15) is 35.6 Å². The number of rotatable bonds is 10. The normalized spacial score (nSPS) is 11.6. The van der Waals surface area contributed by atoms with Crippen molar-refractivity contribution in [2.45, 2.75) is 45.7 Å². The maximum atomic E-state index is 14.3. The Hall–Kier alpha value is -3.47. The van der Waals surface area contributed by atoms with Crippen molar-refractivity contribution in [3.05, 3.63) is 107 Å². The molecule has 0 heterocycles. The van der Waals surface area contributed by atoms with E-state index in [1.54, 1.807) is 23.1 Å². The van der Waals surface area contributed by atoms with E-state index < -0.39 is 11.9 Å². The number of carbonyl (C=O) groups excluding carboxylic acids is 2. The Morgan fingerprint density at radius 2 is 1.64 bits per heavy atom. The molecular formula is C28H31FN2O2. The van der Waals surface area contributed by atoms with Gasteiger partial charge in [-0.3, -0.25) is 9.59 Å². The Labute approximate surface area is 195 Å². The van der Waals surface area contributed by atoms with E-state index in [0.717, 1.165) is 23.1 Å². The van der Waals surface area contributed by atoms with Crippen molar-refractivity contribution < 1.29 is 14.0 Å². The lowest BCUT2D eigenvalue weighted by atomic mass is 10.0. The molecule has 0 aromatic heterocycles. The lowest BCUT2D eigenvalue weighted by Crippen LogP contribution is -2.51. The fraction of sp³-hybridized carbons (Fsp3) is 0.286. The molecule has 0 saturated carbocycles. The molecule has 2 amide bonds. The van der Waals surface area contributed by atoms with Crippen LogP contribution in [-0.4, -0.2) is 29.3 Å². The summed E-state index contributed by atoms with van der Waals surface area (Å²) in [7, 11) is 0. The fourth-order valence-electron chi connectivity index (χ4n) is 3.83. The van der Waals surface area contributed by atoms with Gasteiger partial charge in [0.25, 0.3) is 0 Å². The van der Waals surface area contributed by atoms with Gasteiger partial charge in [-0.15, -0.1) is 0 Å². The summed E-state index contributed by atoms with van der Waals surface area (Å²) in [6.07, 6.45) is 1.07. The van der Waals surface area contributed by atoms with E-state index >= 15 is 0 Å². The lowest BCUT2D eigenvalue weighted by Gasteiger charge is -2.32. The van der Waals surface area contributed by atoms with Crippen molar-refractivity contribution in [2.24, 2.45) is 0 Å². The number of carbonyl (C=O) groups is 2.